The Hall–Kier alpha value is -2.53. The molecule has 0 amide bonds. The minimum atomic E-state index is 0.0709. The number of H-pyrrole nitrogens is 1. The highest BCUT2D eigenvalue weighted by Crippen LogP contribution is 2.26. The molecule has 1 aliphatic heterocycles. The molecule has 0 bridgehead atoms. The first kappa shape index (κ1) is 13.2. The molecule has 0 radical (unpaired) electrons. The number of rotatable bonds is 2. The standard InChI is InChI=1S/C17H17N5/c1-11-3-2-4-12(7-11)17-19-8-13(9-20-17)15-16-14(5-6-18-15)21-10-22-16/h2-4,7-10,15,18H,5-6H2,1H3,(H,21,22)/t15-/m1/s1. The van der Waals surface area contributed by atoms with E-state index in [-0.39, 0.29) is 6.04 Å². The highest BCUT2D eigenvalue weighted by atomic mass is 15.0. The van der Waals surface area contributed by atoms with Crippen LogP contribution >= 0.6 is 0 Å². The van der Waals surface area contributed by atoms with E-state index in [1.54, 1.807) is 6.33 Å². The average Bonchev–Trinajstić information content (AvgIpc) is 3.04. The molecule has 0 spiro atoms. The van der Waals surface area contributed by atoms with E-state index in [1.165, 1.54) is 11.3 Å². The van der Waals surface area contributed by atoms with E-state index < -0.39 is 0 Å². The van der Waals surface area contributed by atoms with Gasteiger partial charge in [0, 0.05) is 42.2 Å². The van der Waals surface area contributed by atoms with Crippen LogP contribution in [0.25, 0.3) is 11.4 Å². The lowest BCUT2D eigenvalue weighted by atomic mass is 10.0. The molecular weight excluding hydrogens is 274 g/mol. The van der Waals surface area contributed by atoms with Gasteiger partial charge in [-0.15, -0.1) is 0 Å². The molecule has 0 saturated carbocycles. The maximum atomic E-state index is 4.53. The highest BCUT2D eigenvalue weighted by molar-refractivity contribution is 5.55. The van der Waals surface area contributed by atoms with Gasteiger partial charge in [-0.05, 0) is 13.0 Å². The molecule has 3 aromatic rings. The van der Waals surface area contributed by atoms with Crippen molar-refractivity contribution < 1.29 is 0 Å². The molecule has 0 aliphatic carbocycles. The van der Waals surface area contributed by atoms with Crippen molar-refractivity contribution in [2.45, 2.75) is 19.4 Å². The lowest BCUT2D eigenvalue weighted by Gasteiger charge is -2.22. The number of fused-ring (bicyclic) bond motifs is 1. The van der Waals surface area contributed by atoms with E-state index >= 15 is 0 Å². The number of nitrogens with zero attached hydrogens (tertiary/aromatic N) is 3. The monoisotopic (exact) mass is 291 g/mol. The van der Waals surface area contributed by atoms with Crippen LogP contribution in [0.3, 0.4) is 0 Å². The molecular formula is C17H17N5. The maximum Gasteiger partial charge on any atom is 0.159 e. The fourth-order valence-corrected chi connectivity index (χ4v) is 2.91. The zero-order chi connectivity index (χ0) is 14.9. The van der Waals surface area contributed by atoms with Crippen molar-refractivity contribution >= 4 is 0 Å². The second kappa shape index (κ2) is 5.35. The normalized spacial score (nSPS) is 17.2. The molecule has 22 heavy (non-hydrogen) atoms. The van der Waals surface area contributed by atoms with Crippen molar-refractivity contribution in [3.63, 3.8) is 0 Å². The van der Waals surface area contributed by atoms with Crippen LogP contribution in [0, 0.1) is 6.92 Å². The molecule has 4 rings (SSSR count). The first-order valence-corrected chi connectivity index (χ1v) is 7.46. The van der Waals surface area contributed by atoms with Crippen LogP contribution in [0.2, 0.25) is 0 Å². The Kier molecular flexibility index (Phi) is 3.20. The number of aryl methyl sites for hydroxylation is 1. The Bertz CT molecular complexity index is 791. The van der Waals surface area contributed by atoms with Crippen molar-refractivity contribution in [1.82, 2.24) is 25.3 Å². The molecule has 0 unspecified atom stereocenters. The van der Waals surface area contributed by atoms with Crippen LogP contribution in [0.4, 0.5) is 0 Å². The molecule has 1 aromatic carbocycles. The molecule has 5 heteroatoms. The molecule has 110 valence electrons. The largest absolute Gasteiger partial charge is 0.348 e. The second-order valence-electron chi connectivity index (χ2n) is 5.61. The molecule has 0 fully saturated rings. The van der Waals surface area contributed by atoms with Gasteiger partial charge in [0.1, 0.15) is 0 Å². The summed E-state index contributed by atoms with van der Waals surface area (Å²) < 4.78 is 0. The van der Waals surface area contributed by atoms with Crippen molar-refractivity contribution in [2.75, 3.05) is 6.54 Å². The van der Waals surface area contributed by atoms with Gasteiger partial charge in [-0.3, -0.25) is 0 Å². The Morgan fingerprint density at radius 1 is 1.14 bits per heavy atom. The summed E-state index contributed by atoms with van der Waals surface area (Å²) in [7, 11) is 0. The van der Waals surface area contributed by atoms with E-state index in [4.69, 9.17) is 0 Å². The Morgan fingerprint density at radius 3 is 2.82 bits per heavy atom. The van der Waals surface area contributed by atoms with Gasteiger partial charge < -0.3 is 10.3 Å². The van der Waals surface area contributed by atoms with Crippen molar-refractivity contribution in [3.8, 4) is 11.4 Å². The predicted molar refractivity (Wildman–Crippen MR) is 84.3 cm³/mol. The molecule has 1 aliphatic rings. The van der Waals surface area contributed by atoms with Crippen LogP contribution in [-0.4, -0.2) is 26.5 Å². The summed E-state index contributed by atoms with van der Waals surface area (Å²) in [6, 6.07) is 8.30. The smallest absolute Gasteiger partial charge is 0.159 e. The summed E-state index contributed by atoms with van der Waals surface area (Å²) in [6.45, 7) is 3.00. The second-order valence-corrected chi connectivity index (χ2v) is 5.61. The van der Waals surface area contributed by atoms with Gasteiger partial charge in [0.2, 0.25) is 0 Å². The molecule has 0 saturated heterocycles. The van der Waals surface area contributed by atoms with Gasteiger partial charge in [0.05, 0.1) is 18.1 Å². The first-order valence-electron chi connectivity index (χ1n) is 7.46. The summed E-state index contributed by atoms with van der Waals surface area (Å²) in [5.74, 6) is 0.755. The van der Waals surface area contributed by atoms with Crippen LogP contribution in [0.15, 0.2) is 43.0 Å². The average molecular weight is 291 g/mol. The zero-order valence-corrected chi connectivity index (χ0v) is 12.4. The first-order chi connectivity index (χ1) is 10.8. The van der Waals surface area contributed by atoms with Gasteiger partial charge >= 0.3 is 0 Å². The number of aromatic amines is 1. The Morgan fingerprint density at radius 2 is 2.00 bits per heavy atom. The number of aromatic nitrogens is 4. The lowest BCUT2D eigenvalue weighted by Crippen LogP contribution is -2.30. The van der Waals surface area contributed by atoms with Gasteiger partial charge in [-0.1, -0.05) is 23.8 Å². The third-order valence-corrected chi connectivity index (χ3v) is 4.03. The van der Waals surface area contributed by atoms with Crippen LogP contribution in [-0.2, 0) is 6.42 Å². The minimum absolute atomic E-state index is 0.0709. The molecule has 2 N–H and O–H groups in total. The summed E-state index contributed by atoms with van der Waals surface area (Å²) in [5.41, 5.74) is 5.55. The van der Waals surface area contributed by atoms with Gasteiger partial charge in [0.15, 0.2) is 5.82 Å². The van der Waals surface area contributed by atoms with Crippen molar-refractivity contribution in [3.05, 3.63) is 65.5 Å². The molecule has 1 atom stereocenters. The third kappa shape index (κ3) is 2.29. The maximum absolute atomic E-state index is 4.53. The summed E-state index contributed by atoms with van der Waals surface area (Å²) >= 11 is 0. The van der Waals surface area contributed by atoms with E-state index in [0.717, 1.165) is 35.6 Å². The Balaban J connectivity index is 1.66. The minimum Gasteiger partial charge on any atom is -0.348 e. The van der Waals surface area contributed by atoms with Crippen molar-refractivity contribution in [1.29, 1.82) is 0 Å². The van der Waals surface area contributed by atoms with Gasteiger partial charge in [-0.2, -0.15) is 0 Å². The third-order valence-electron chi connectivity index (χ3n) is 4.03. The van der Waals surface area contributed by atoms with Gasteiger partial charge in [0.25, 0.3) is 0 Å². The fraction of sp³-hybridized carbons (Fsp3) is 0.235. The van der Waals surface area contributed by atoms with E-state index in [1.807, 2.05) is 24.5 Å². The molecule has 2 aromatic heterocycles. The number of nitrogens with one attached hydrogen (secondary N) is 2. The quantitative estimate of drug-likeness (QED) is 0.761. The van der Waals surface area contributed by atoms with E-state index in [2.05, 4.69) is 44.3 Å². The highest BCUT2D eigenvalue weighted by Gasteiger charge is 2.24. The number of benzene rings is 1. The topological polar surface area (TPSA) is 66.5 Å². The lowest BCUT2D eigenvalue weighted by molar-refractivity contribution is 0.551. The Labute approximate surface area is 128 Å². The van der Waals surface area contributed by atoms with Crippen molar-refractivity contribution in [2.24, 2.45) is 0 Å². The summed E-state index contributed by atoms with van der Waals surface area (Å²) in [6.07, 6.45) is 6.53. The van der Waals surface area contributed by atoms with E-state index in [0.29, 0.717) is 0 Å². The predicted octanol–water partition coefficient (Wildman–Crippen LogP) is 2.41. The van der Waals surface area contributed by atoms with Crippen LogP contribution in [0.1, 0.15) is 28.6 Å². The number of hydrogen-bond donors (Lipinski definition) is 2. The van der Waals surface area contributed by atoms with Crippen LogP contribution < -0.4 is 5.32 Å². The summed E-state index contributed by atoms with van der Waals surface area (Å²) in [4.78, 5) is 16.7. The summed E-state index contributed by atoms with van der Waals surface area (Å²) in [5, 5.41) is 3.48. The molecule has 5 nitrogen and oxygen atoms in total. The SMILES string of the molecule is Cc1cccc(-c2ncc([C@H]3NCCc4[nH]cnc43)cn2)c1. The number of hydrogen-bond acceptors (Lipinski definition) is 4. The zero-order valence-electron chi connectivity index (χ0n) is 12.4. The fourth-order valence-electron chi connectivity index (χ4n) is 2.91. The molecule has 3 heterocycles. The number of imidazole rings is 1. The van der Waals surface area contributed by atoms with E-state index in [9.17, 15) is 0 Å². The van der Waals surface area contributed by atoms with Crippen LogP contribution in [0.5, 0.6) is 0 Å². The van der Waals surface area contributed by atoms with Gasteiger partial charge in [-0.25, -0.2) is 15.0 Å².